The van der Waals surface area contributed by atoms with E-state index in [1.807, 2.05) is 0 Å². The Morgan fingerprint density at radius 2 is 2.10 bits per heavy atom. The Kier molecular flexibility index (Phi) is 6.34. The Morgan fingerprint density at radius 1 is 1.38 bits per heavy atom. The van der Waals surface area contributed by atoms with Gasteiger partial charge in [0.05, 0.1) is 5.56 Å². The lowest BCUT2D eigenvalue weighted by Crippen LogP contribution is -2.44. The van der Waals surface area contributed by atoms with Crippen LogP contribution in [0.25, 0.3) is 0 Å². The van der Waals surface area contributed by atoms with Gasteiger partial charge in [-0.25, -0.2) is 4.79 Å². The molecule has 0 fully saturated rings. The van der Waals surface area contributed by atoms with Gasteiger partial charge in [0.1, 0.15) is 6.04 Å². The average molecular weight is 311 g/mol. The molecule has 0 aromatic heterocycles. The van der Waals surface area contributed by atoms with E-state index in [4.69, 9.17) is 5.11 Å². The highest BCUT2D eigenvalue weighted by Gasteiger charge is 2.20. The van der Waals surface area contributed by atoms with Crippen LogP contribution in [0.3, 0.4) is 0 Å². The number of hydrogen-bond donors (Lipinski definition) is 3. The van der Waals surface area contributed by atoms with Crippen LogP contribution in [0.15, 0.2) is 28.8 Å². The number of aromatic carboxylic acids is 1. The summed E-state index contributed by atoms with van der Waals surface area (Å²) in [6.07, 6.45) is 0. The molecule has 1 aromatic rings. The number of nitrogens with one attached hydrogen (secondary N) is 2. The van der Waals surface area contributed by atoms with Crippen molar-refractivity contribution in [1.29, 1.82) is 0 Å². The summed E-state index contributed by atoms with van der Waals surface area (Å²) in [4.78, 5) is 44.0. The topological polar surface area (TPSA) is 125 Å². The van der Waals surface area contributed by atoms with Crippen LogP contribution in [0.4, 0.5) is 5.69 Å². The van der Waals surface area contributed by atoms with Crippen LogP contribution in [0.2, 0.25) is 0 Å². The van der Waals surface area contributed by atoms with E-state index in [1.54, 1.807) is 0 Å². The van der Waals surface area contributed by atoms with Crippen LogP contribution < -0.4 is 10.6 Å². The predicted octanol–water partition coefficient (Wildman–Crippen LogP) is 1.24. The van der Waals surface area contributed by atoms with Crippen molar-refractivity contribution in [3.05, 3.63) is 34.7 Å². The van der Waals surface area contributed by atoms with Crippen LogP contribution in [0.5, 0.6) is 0 Å². The number of carboxylic acid groups (broad SMARTS) is 1. The second-order valence-corrected chi connectivity index (χ2v) is 4.74. The molecule has 21 heavy (non-hydrogen) atoms. The van der Waals surface area contributed by atoms with E-state index in [0.29, 0.717) is 11.9 Å². The van der Waals surface area contributed by atoms with Crippen LogP contribution >= 0.6 is 11.9 Å². The molecular weight excluding hydrogens is 298 g/mol. The molecular formula is C12H13N3O5S. The molecule has 0 aliphatic carbocycles. The fourth-order valence-corrected chi connectivity index (χ4v) is 1.94. The number of rotatable bonds is 7. The molecule has 1 aromatic carbocycles. The lowest BCUT2D eigenvalue weighted by Gasteiger charge is -2.15. The fraction of sp³-hybridized carbons (Fsp3) is 0.250. The van der Waals surface area contributed by atoms with Crippen LogP contribution in [-0.2, 0) is 9.59 Å². The zero-order valence-corrected chi connectivity index (χ0v) is 11.8. The first-order chi connectivity index (χ1) is 9.93. The summed E-state index contributed by atoms with van der Waals surface area (Å²) in [6.45, 7) is 1.24. The number of nitrogens with zero attached hydrogens (tertiary/aromatic N) is 1. The van der Waals surface area contributed by atoms with E-state index in [-0.39, 0.29) is 17.0 Å². The van der Waals surface area contributed by atoms with Crippen molar-refractivity contribution in [2.45, 2.75) is 13.0 Å². The van der Waals surface area contributed by atoms with E-state index in [2.05, 4.69) is 15.2 Å². The first kappa shape index (κ1) is 16.6. The molecule has 0 saturated heterocycles. The molecule has 1 rings (SSSR count). The van der Waals surface area contributed by atoms with Crippen molar-refractivity contribution in [1.82, 2.24) is 5.32 Å². The molecule has 8 nitrogen and oxygen atoms in total. The normalized spacial score (nSPS) is 11.3. The monoisotopic (exact) mass is 311 g/mol. The fourth-order valence-electron chi connectivity index (χ4n) is 1.49. The van der Waals surface area contributed by atoms with Gasteiger partial charge in [0.25, 0.3) is 0 Å². The van der Waals surface area contributed by atoms with Gasteiger partial charge in [-0.1, -0.05) is 6.07 Å². The number of benzene rings is 1. The van der Waals surface area contributed by atoms with E-state index in [1.165, 1.54) is 31.2 Å². The Labute approximate surface area is 124 Å². The molecule has 0 aliphatic heterocycles. The second kappa shape index (κ2) is 8.00. The third-order valence-corrected chi connectivity index (χ3v) is 2.95. The number of anilines is 1. The Morgan fingerprint density at radius 3 is 2.67 bits per heavy atom. The molecule has 1 atom stereocenters. The SMILES string of the molecule is CC(=O)N[C@@H](CSN=O)C(=O)Nc1cccc(C(=O)O)c1. The molecule has 0 saturated carbocycles. The first-order valence-electron chi connectivity index (χ1n) is 5.80. The molecule has 0 spiro atoms. The Bertz CT molecular complexity index is 564. The van der Waals surface area contributed by atoms with Gasteiger partial charge in [-0.15, -0.1) is 4.91 Å². The largest absolute Gasteiger partial charge is 0.478 e. The van der Waals surface area contributed by atoms with E-state index < -0.39 is 23.8 Å². The van der Waals surface area contributed by atoms with Crippen LogP contribution in [-0.4, -0.2) is 34.7 Å². The van der Waals surface area contributed by atoms with Crippen molar-refractivity contribution < 1.29 is 19.5 Å². The Hall–Kier alpha value is -2.42. The summed E-state index contributed by atoms with van der Waals surface area (Å²) in [5, 5.41) is 13.7. The zero-order valence-electron chi connectivity index (χ0n) is 11.0. The molecule has 0 radical (unpaired) electrons. The highest BCUT2D eigenvalue weighted by molar-refractivity contribution is 7.97. The minimum Gasteiger partial charge on any atom is -0.478 e. The highest BCUT2D eigenvalue weighted by atomic mass is 32.2. The summed E-state index contributed by atoms with van der Waals surface area (Å²) < 4.78 is 2.57. The van der Waals surface area contributed by atoms with Gasteiger partial charge in [-0.05, 0) is 18.2 Å². The predicted molar refractivity (Wildman–Crippen MR) is 77.9 cm³/mol. The second-order valence-electron chi connectivity index (χ2n) is 4.00. The summed E-state index contributed by atoms with van der Waals surface area (Å²) >= 11 is 0.605. The number of carboxylic acids is 1. The third-order valence-electron chi connectivity index (χ3n) is 2.36. The van der Waals surface area contributed by atoms with Crippen molar-refractivity contribution in [3.8, 4) is 0 Å². The van der Waals surface area contributed by atoms with Gasteiger partial charge >= 0.3 is 5.97 Å². The van der Waals surface area contributed by atoms with Crippen molar-refractivity contribution in [2.24, 2.45) is 4.58 Å². The number of amides is 2. The maximum atomic E-state index is 12.0. The van der Waals surface area contributed by atoms with E-state index >= 15 is 0 Å². The zero-order chi connectivity index (χ0) is 15.8. The van der Waals surface area contributed by atoms with Crippen molar-refractivity contribution in [3.63, 3.8) is 0 Å². The maximum Gasteiger partial charge on any atom is 0.335 e. The van der Waals surface area contributed by atoms with Gasteiger partial charge in [0, 0.05) is 34.9 Å². The molecule has 9 heteroatoms. The third kappa shape index (κ3) is 5.61. The molecule has 112 valence electrons. The van der Waals surface area contributed by atoms with Crippen LogP contribution in [0.1, 0.15) is 17.3 Å². The minimum absolute atomic E-state index is 0.0203. The summed E-state index contributed by atoms with van der Waals surface area (Å²) in [5.41, 5.74) is 0.298. The lowest BCUT2D eigenvalue weighted by molar-refractivity contribution is -0.124. The van der Waals surface area contributed by atoms with Gasteiger partial charge in [0.2, 0.25) is 11.8 Å². The van der Waals surface area contributed by atoms with Gasteiger partial charge in [-0.3, -0.25) is 9.59 Å². The first-order valence-corrected chi connectivity index (χ1v) is 6.74. The number of carbonyl (C=O) groups excluding carboxylic acids is 2. The molecule has 0 aliphatic rings. The van der Waals surface area contributed by atoms with Crippen LogP contribution in [0, 0.1) is 4.91 Å². The number of hydrogen-bond acceptors (Lipinski definition) is 6. The Balaban J connectivity index is 2.80. The highest BCUT2D eigenvalue weighted by Crippen LogP contribution is 2.12. The molecule has 0 heterocycles. The van der Waals surface area contributed by atoms with Gasteiger partial charge in [-0.2, -0.15) is 0 Å². The molecule has 0 bridgehead atoms. The minimum atomic E-state index is -1.12. The summed E-state index contributed by atoms with van der Waals surface area (Å²) in [7, 11) is 0. The average Bonchev–Trinajstić information content (AvgIpc) is 2.43. The lowest BCUT2D eigenvalue weighted by atomic mass is 10.2. The summed E-state index contributed by atoms with van der Waals surface area (Å²) in [6, 6.07) is 4.72. The quantitative estimate of drug-likeness (QED) is 0.514. The van der Waals surface area contributed by atoms with Crippen molar-refractivity contribution in [2.75, 3.05) is 11.1 Å². The van der Waals surface area contributed by atoms with Crippen molar-refractivity contribution >= 4 is 35.4 Å². The molecule has 0 unspecified atom stereocenters. The number of nitroso groups, excluding NO2 is 1. The standard InChI is InChI=1S/C12H13N3O5S/c1-7(16)13-10(6-21-15-20)11(17)14-9-4-2-3-8(5-9)12(18)19/h2-5,10H,6H2,1H3,(H,13,16)(H,14,17)(H,18,19)/t10-/m0/s1. The maximum absolute atomic E-state index is 12.0. The summed E-state index contributed by atoms with van der Waals surface area (Å²) in [5.74, 6) is -2.14. The number of carbonyl (C=O) groups is 3. The molecule has 3 N–H and O–H groups in total. The van der Waals surface area contributed by atoms with Gasteiger partial charge < -0.3 is 15.7 Å². The van der Waals surface area contributed by atoms with E-state index in [0.717, 1.165) is 0 Å². The van der Waals surface area contributed by atoms with Gasteiger partial charge in [0.15, 0.2) is 0 Å². The van der Waals surface area contributed by atoms with E-state index in [9.17, 15) is 19.3 Å². The molecule has 2 amide bonds. The smallest absolute Gasteiger partial charge is 0.335 e.